The fourth-order valence-electron chi connectivity index (χ4n) is 3.85. The SMILES string of the molecule is CCOC(=O)[C@@]1(Cc2ccc(F)cc2F)CCCN(Cc2cnc(SC)nc2)C1. The molecule has 2 heterocycles. The summed E-state index contributed by atoms with van der Waals surface area (Å²) >= 11 is 1.48. The molecule has 29 heavy (non-hydrogen) atoms. The van der Waals surface area contributed by atoms with E-state index in [0.29, 0.717) is 30.2 Å². The van der Waals surface area contributed by atoms with Gasteiger partial charge in [-0.2, -0.15) is 0 Å². The second-order valence-electron chi connectivity index (χ2n) is 7.31. The van der Waals surface area contributed by atoms with Crippen LogP contribution < -0.4 is 0 Å². The second-order valence-corrected chi connectivity index (χ2v) is 8.08. The van der Waals surface area contributed by atoms with Gasteiger partial charge >= 0.3 is 5.97 Å². The predicted octanol–water partition coefficient (Wildman–Crippen LogP) is 3.86. The number of hydrogen-bond acceptors (Lipinski definition) is 6. The van der Waals surface area contributed by atoms with Crippen molar-refractivity contribution in [3.63, 3.8) is 0 Å². The van der Waals surface area contributed by atoms with E-state index in [2.05, 4.69) is 14.9 Å². The number of benzene rings is 1. The number of nitrogens with zero attached hydrogens (tertiary/aromatic N) is 3. The van der Waals surface area contributed by atoms with Gasteiger partial charge in [-0.05, 0) is 50.6 Å². The summed E-state index contributed by atoms with van der Waals surface area (Å²) < 4.78 is 33.0. The van der Waals surface area contributed by atoms with Gasteiger partial charge in [0.25, 0.3) is 0 Å². The van der Waals surface area contributed by atoms with Crippen LogP contribution in [0.5, 0.6) is 0 Å². The number of piperidine rings is 1. The van der Waals surface area contributed by atoms with Crippen LogP contribution in [0.2, 0.25) is 0 Å². The van der Waals surface area contributed by atoms with Crippen LogP contribution in [0.25, 0.3) is 0 Å². The lowest BCUT2D eigenvalue weighted by Crippen LogP contribution is -2.49. The molecule has 1 aliphatic heterocycles. The van der Waals surface area contributed by atoms with E-state index < -0.39 is 17.0 Å². The lowest BCUT2D eigenvalue weighted by Gasteiger charge is -2.41. The Hall–Kier alpha value is -2.06. The third-order valence-corrected chi connectivity index (χ3v) is 5.75. The monoisotopic (exact) mass is 421 g/mol. The molecular formula is C21H25F2N3O2S. The smallest absolute Gasteiger partial charge is 0.313 e. The van der Waals surface area contributed by atoms with E-state index in [1.54, 1.807) is 19.3 Å². The molecule has 1 aromatic carbocycles. The number of halogens is 2. The zero-order valence-corrected chi connectivity index (χ0v) is 17.5. The Bertz CT molecular complexity index is 850. The molecule has 5 nitrogen and oxygen atoms in total. The minimum atomic E-state index is -0.868. The Morgan fingerprint density at radius 3 is 2.72 bits per heavy atom. The number of likely N-dealkylation sites (tertiary alicyclic amines) is 1. The maximum absolute atomic E-state index is 14.3. The van der Waals surface area contributed by atoms with Crippen molar-refractivity contribution >= 4 is 17.7 Å². The molecule has 1 fully saturated rings. The van der Waals surface area contributed by atoms with Gasteiger partial charge in [-0.25, -0.2) is 18.7 Å². The number of carbonyl (C=O) groups is 1. The van der Waals surface area contributed by atoms with Crippen LogP contribution in [0.4, 0.5) is 8.78 Å². The van der Waals surface area contributed by atoms with E-state index in [0.717, 1.165) is 24.6 Å². The molecule has 1 atom stereocenters. The molecule has 0 radical (unpaired) electrons. The van der Waals surface area contributed by atoms with Crippen LogP contribution in [0.15, 0.2) is 35.7 Å². The molecule has 2 aromatic rings. The molecule has 0 N–H and O–H groups in total. The molecule has 1 aromatic heterocycles. The van der Waals surface area contributed by atoms with E-state index in [1.165, 1.54) is 23.9 Å². The van der Waals surface area contributed by atoms with Gasteiger partial charge in [0, 0.05) is 37.1 Å². The van der Waals surface area contributed by atoms with Gasteiger partial charge in [-0.3, -0.25) is 9.69 Å². The third-order valence-electron chi connectivity index (χ3n) is 5.18. The fourth-order valence-corrected chi connectivity index (χ4v) is 4.16. The lowest BCUT2D eigenvalue weighted by atomic mass is 9.75. The molecule has 0 aliphatic carbocycles. The zero-order chi connectivity index (χ0) is 20.9. The maximum Gasteiger partial charge on any atom is 0.313 e. The first-order valence-corrected chi connectivity index (χ1v) is 10.9. The van der Waals surface area contributed by atoms with Crippen LogP contribution in [0, 0.1) is 17.0 Å². The van der Waals surface area contributed by atoms with Crippen molar-refractivity contribution in [3.8, 4) is 0 Å². The molecule has 3 rings (SSSR count). The van der Waals surface area contributed by atoms with Gasteiger partial charge in [0.15, 0.2) is 5.16 Å². The van der Waals surface area contributed by atoms with E-state index in [1.807, 2.05) is 6.26 Å². The van der Waals surface area contributed by atoms with Crippen LogP contribution in [-0.4, -0.2) is 46.8 Å². The Morgan fingerprint density at radius 1 is 1.31 bits per heavy atom. The van der Waals surface area contributed by atoms with Crippen molar-refractivity contribution in [2.75, 3.05) is 26.0 Å². The standard InChI is InChI=1S/C21H25F2N3O2S/c1-3-28-19(27)21(10-16-5-6-17(22)9-18(16)23)7-4-8-26(14-21)13-15-11-24-20(29-2)25-12-15/h5-6,9,11-12H,3-4,7-8,10,13-14H2,1-2H3/t21-/m1/s1. The summed E-state index contributed by atoms with van der Waals surface area (Å²) in [5, 5.41) is 0.708. The van der Waals surface area contributed by atoms with Crippen molar-refractivity contribution in [1.82, 2.24) is 14.9 Å². The van der Waals surface area contributed by atoms with E-state index in [9.17, 15) is 13.6 Å². The molecule has 156 valence electrons. The van der Waals surface area contributed by atoms with E-state index in [-0.39, 0.29) is 19.0 Å². The van der Waals surface area contributed by atoms with Gasteiger partial charge in [0.1, 0.15) is 11.6 Å². The normalized spacial score (nSPS) is 19.9. The molecule has 1 aliphatic rings. The summed E-state index contributed by atoms with van der Waals surface area (Å²) in [6.45, 7) is 3.87. The van der Waals surface area contributed by atoms with Crippen molar-refractivity contribution < 1.29 is 18.3 Å². The molecular weight excluding hydrogens is 396 g/mol. The highest BCUT2D eigenvalue weighted by Crippen LogP contribution is 2.36. The number of aromatic nitrogens is 2. The summed E-state index contributed by atoms with van der Waals surface area (Å²) in [7, 11) is 0. The first-order valence-electron chi connectivity index (χ1n) is 9.64. The van der Waals surface area contributed by atoms with Gasteiger partial charge in [-0.15, -0.1) is 0 Å². The van der Waals surface area contributed by atoms with Gasteiger partial charge < -0.3 is 4.74 Å². The highest BCUT2D eigenvalue weighted by atomic mass is 32.2. The largest absolute Gasteiger partial charge is 0.466 e. The topological polar surface area (TPSA) is 55.3 Å². The highest BCUT2D eigenvalue weighted by Gasteiger charge is 2.44. The molecule has 0 unspecified atom stereocenters. The fraction of sp³-hybridized carbons (Fsp3) is 0.476. The van der Waals surface area contributed by atoms with Crippen LogP contribution in [-0.2, 0) is 22.5 Å². The predicted molar refractivity (Wildman–Crippen MR) is 107 cm³/mol. The average molecular weight is 422 g/mol. The van der Waals surface area contributed by atoms with E-state index in [4.69, 9.17) is 4.74 Å². The number of carbonyl (C=O) groups excluding carboxylic acids is 1. The van der Waals surface area contributed by atoms with E-state index >= 15 is 0 Å². The Balaban J connectivity index is 1.81. The Kier molecular flexibility index (Phi) is 7.18. The summed E-state index contributed by atoms with van der Waals surface area (Å²) in [6.07, 6.45) is 7.06. The third kappa shape index (κ3) is 5.30. The molecule has 0 amide bonds. The summed E-state index contributed by atoms with van der Waals surface area (Å²) in [5.41, 5.74) is 0.414. The molecule has 8 heteroatoms. The zero-order valence-electron chi connectivity index (χ0n) is 16.7. The number of esters is 1. The summed E-state index contributed by atoms with van der Waals surface area (Å²) in [6, 6.07) is 3.50. The number of thioether (sulfide) groups is 1. The van der Waals surface area contributed by atoms with Crippen molar-refractivity contribution in [1.29, 1.82) is 0 Å². The summed E-state index contributed by atoms with van der Waals surface area (Å²) in [5.74, 6) is -1.59. The van der Waals surface area contributed by atoms with Crippen LogP contribution in [0.1, 0.15) is 30.9 Å². The number of hydrogen-bond donors (Lipinski definition) is 0. The minimum absolute atomic E-state index is 0.177. The second kappa shape index (κ2) is 9.63. The molecule has 1 saturated heterocycles. The van der Waals surface area contributed by atoms with Crippen LogP contribution in [0.3, 0.4) is 0 Å². The van der Waals surface area contributed by atoms with Gasteiger partial charge in [0.05, 0.1) is 12.0 Å². The number of rotatable bonds is 7. The number of ether oxygens (including phenoxy) is 1. The minimum Gasteiger partial charge on any atom is -0.466 e. The molecule has 0 saturated carbocycles. The molecule has 0 bridgehead atoms. The Morgan fingerprint density at radius 2 is 2.07 bits per heavy atom. The van der Waals surface area contributed by atoms with Crippen molar-refractivity contribution in [3.05, 3.63) is 53.4 Å². The lowest BCUT2D eigenvalue weighted by molar-refractivity contribution is -0.159. The van der Waals surface area contributed by atoms with Crippen LogP contribution >= 0.6 is 11.8 Å². The average Bonchev–Trinajstić information content (AvgIpc) is 2.71. The van der Waals surface area contributed by atoms with Gasteiger partial charge in [0.2, 0.25) is 0 Å². The molecule has 0 spiro atoms. The highest BCUT2D eigenvalue weighted by molar-refractivity contribution is 7.98. The Labute approximate surface area is 173 Å². The maximum atomic E-state index is 14.3. The quantitative estimate of drug-likeness (QED) is 0.384. The first kappa shape index (κ1) is 21.6. The first-order chi connectivity index (χ1) is 14.0. The van der Waals surface area contributed by atoms with Gasteiger partial charge in [-0.1, -0.05) is 17.8 Å². The van der Waals surface area contributed by atoms with Crippen molar-refractivity contribution in [2.24, 2.45) is 5.41 Å². The van der Waals surface area contributed by atoms with Crippen molar-refractivity contribution in [2.45, 2.75) is 37.9 Å². The summed E-state index contributed by atoms with van der Waals surface area (Å²) in [4.78, 5) is 23.7.